The predicted octanol–water partition coefficient (Wildman–Crippen LogP) is 2.69. The molecule has 3 unspecified atom stereocenters. The second-order valence-corrected chi connectivity index (χ2v) is 6.25. The van der Waals surface area contributed by atoms with Crippen molar-refractivity contribution in [3.8, 4) is 5.75 Å². The van der Waals surface area contributed by atoms with Crippen molar-refractivity contribution in [3.05, 3.63) is 42.5 Å². The second-order valence-electron chi connectivity index (χ2n) is 6.25. The van der Waals surface area contributed by atoms with Crippen molar-refractivity contribution in [1.29, 1.82) is 0 Å². The van der Waals surface area contributed by atoms with Gasteiger partial charge >= 0.3 is 0 Å². The first-order valence-electron chi connectivity index (χ1n) is 8.29. The summed E-state index contributed by atoms with van der Waals surface area (Å²) in [5.74, 6) is 0.825. The second kappa shape index (κ2) is 7.30. The van der Waals surface area contributed by atoms with Gasteiger partial charge in [0.15, 0.2) is 0 Å². The van der Waals surface area contributed by atoms with Gasteiger partial charge in [0.25, 0.3) is 0 Å². The Balaban J connectivity index is 1.59. The van der Waals surface area contributed by atoms with E-state index in [1.165, 1.54) is 0 Å². The molecule has 0 spiro atoms. The Kier molecular flexibility index (Phi) is 5.16. The Hall–Kier alpha value is -1.62. The van der Waals surface area contributed by atoms with Gasteiger partial charge in [-0.1, -0.05) is 36.4 Å². The van der Waals surface area contributed by atoms with Crippen molar-refractivity contribution in [2.24, 2.45) is 0 Å². The van der Waals surface area contributed by atoms with Crippen LogP contribution in [0.2, 0.25) is 0 Å². The van der Waals surface area contributed by atoms with E-state index in [9.17, 15) is 5.11 Å². The third-order valence-corrected chi connectivity index (χ3v) is 4.64. The number of rotatable bonds is 5. The van der Waals surface area contributed by atoms with Gasteiger partial charge in [-0.25, -0.2) is 0 Å². The summed E-state index contributed by atoms with van der Waals surface area (Å²) >= 11 is 0. The standard InChI is InChI=1S/C19H25NO3/c1-14-15(2)22-11-10-20(14)12-17(21)13-23-19-9-5-7-16-6-3-4-8-18(16)19/h3-9,14-15,17,21H,10-13H2,1-2H3. The first-order chi connectivity index (χ1) is 11.1. The van der Waals surface area contributed by atoms with Crippen molar-refractivity contribution in [3.63, 3.8) is 0 Å². The molecule has 0 radical (unpaired) electrons. The average Bonchev–Trinajstić information content (AvgIpc) is 2.57. The monoisotopic (exact) mass is 315 g/mol. The zero-order valence-corrected chi connectivity index (χ0v) is 13.8. The SMILES string of the molecule is CC1OCCN(CC(O)COc2cccc3ccccc23)C1C. The number of ether oxygens (including phenoxy) is 2. The third kappa shape index (κ3) is 3.83. The summed E-state index contributed by atoms with van der Waals surface area (Å²) in [4.78, 5) is 2.27. The van der Waals surface area contributed by atoms with Gasteiger partial charge in [0.05, 0.1) is 12.7 Å². The number of nitrogens with zero attached hydrogens (tertiary/aromatic N) is 1. The van der Waals surface area contributed by atoms with E-state index in [2.05, 4.69) is 30.9 Å². The minimum atomic E-state index is -0.512. The van der Waals surface area contributed by atoms with E-state index < -0.39 is 6.10 Å². The lowest BCUT2D eigenvalue weighted by Crippen LogP contribution is -2.51. The summed E-state index contributed by atoms with van der Waals surface area (Å²) in [6.07, 6.45) is -0.309. The quantitative estimate of drug-likeness (QED) is 0.921. The summed E-state index contributed by atoms with van der Waals surface area (Å²) in [6.45, 7) is 6.71. The number of hydrogen-bond donors (Lipinski definition) is 1. The van der Waals surface area contributed by atoms with E-state index in [0.717, 1.165) is 29.7 Å². The average molecular weight is 315 g/mol. The zero-order valence-electron chi connectivity index (χ0n) is 13.8. The van der Waals surface area contributed by atoms with E-state index in [1.54, 1.807) is 0 Å². The molecule has 2 aromatic carbocycles. The molecule has 0 saturated carbocycles. The molecule has 3 rings (SSSR count). The number of fused-ring (bicyclic) bond motifs is 1. The van der Waals surface area contributed by atoms with Crippen molar-refractivity contribution < 1.29 is 14.6 Å². The molecule has 0 aromatic heterocycles. The molecule has 4 nitrogen and oxygen atoms in total. The smallest absolute Gasteiger partial charge is 0.127 e. The minimum absolute atomic E-state index is 0.204. The van der Waals surface area contributed by atoms with Crippen LogP contribution in [-0.2, 0) is 4.74 Å². The lowest BCUT2D eigenvalue weighted by atomic mass is 10.1. The van der Waals surface area contributed by atoms with Crippen LogP contribution in [0, 0.1) is 0 Å². The maximum absolute atomic E-state index is 10.3. The normalized spacial score (nSPS) is 23.8. The van der Waals surface area contributed by atoms with Gasteiger partial charge < -0.3 is 14.6 Å². The number of aliphatic hydroxyl groups excluding tert-OH is 1. The molecule has 23 heavy (non-hydrogen) atoms. The van der Waals surface area contributed by atoms with Crippen LogP contribution in [0.25, 0.3) is 10.8 Å². The molecule has 1 fully saturated rings. The molecule has 124 valence electrons. The lowest BCUT2D eigenvalue weighted by Gasteiger charge is -2.38. The van der Waals surface area contributed by atoms with Crippen LogP contribution < -0.4 is 4.74 Å². The molecular weight excluding hydrogens is 290 g/mol. The highest BCUT2D eigenvalue weighted by molar-refractivity contribution is 5.88. The lowest BCUT2D eigenvalue weighted by molar-refractivity contribution is -0.0700. The highest BCUT2D eigenvalue weighted by Gasteiger charge is 2.26. The maximum atomic E-state index is 10.3. The maximum Gasteiger partial charge on any atom is 0.127 e. The highest BCUT2D eigenvalue weighted by atomic mass is 16.5. The summed E-state index contributed by atoms with van der Waals surface area (Å²) < 4.78 is 11.5. The van der Waals surface area contributed by atoms with E-state index >= 15 is 0 Å². The van der Waals surface area contributed by atoms with Crippen LogP contribution in [0.3, 0.4) is 0 Å². The highest BCUT2D eigenvalue weighted by Crippen LogP contribution is 2.25. The number of β-amino-alcohol motifs (C(OH)–C–C–N with tert-alkyl or cyclic N) is 1. The summed E-state index contributed by atoms with van der Waals surface area (Å²) in [5.41, 5.74) is 0. The van der Waals surface area contributed by atoms with Gasteiger partial charge in [0, 0.05) is 24.5 Å². The zero-order chi connectivity index (χ0) is 16.2. The van der Waals surface area contributed by atoms with Gasteiger partial charge in [-0.3, -0.25) is 4.90 Å². The van der Waals surface area contributed by atoms with E-state index in [1.807, 2.05) is 30.3 Å². The van der Waals surface area contributed by atoms with Crippen molar-refractivity contribution >= 4 is 10.8 Å². The molecule has 0 amide bonds. The molecule has 0 bridgehead atoms. The molecule has 4 heteroatoms. The van der Waals surface area contributed by atoms with Crippen LogP contribution in [0.5, 0.6) is 5.75 Å². The minimum Gasteiger partial charge on any atom is -0.490 e. The van der Waals surface area contributed by atoms with Crippen LogP contribution in [-0.4, -0.2) is 54.6 Å². The van der Waals surface area contributed by atoms with Gasteiger partial charge in [0.2, 0.25) is 0 Å². The molecule has 0 aliphatic carbocycles. The van der Waals surface area contributed by atoms with Crippen molar-refractivity contribution in [2.45, 2.75) is 32.1 Å². The summed E-state index contributed by atoms with van der Waals surface area (Å²) in [6, 6.07) is 14.4. The predicted molar refractivity (Wildman–Crippen MR) is 91.9 cm³/mol. The van der Waals surface area contributed by atoms with Crippen LogP contribution in [0.1, 0.15) is 13.8 Å². The number of morpholine rings is 1. The number of hydrogen-bond acceptors (Lipinski definition) is 4. The fraction of sp³-hybridized carbons (Fsp3) is 0.474. The fourth-order valence-corrected chi connectivity index (χ4v) is 3.08. The Morgan fingerprint density at radius 1 is 1.22 bits per heavy atom. The topological polar surface area (TPSA) is 41.9 Å². The van der Waals surface area contributed by atoms with Crippen molar-refractivity contribution in [2.75, 3.05) is 26.3 Å². The molecule has 2 aromatic rings. The molecule has 1 heterocycles. The van der Waals surface area contributed by atoms with Crippen LogP contribution in [0.4, 0.5) is 0 Å². The van der Waals surface area contributed by atoms with E-state index in [4.69, 9.17) is 9.47 Å². The van der Waals surface area contributed by atoms with Gasteiger partial charge in [-0.2, -0.15) is 0 Å². The first kappa shape index (κ1) is 16.2. The summed E-state index contributed by atoms with van der Waals surface area (Å²) in [5, 5.41) is 12.6. The van der Waals surface area contributed by atoms with Crippen LogP contribution in [0.15, 0.2) is 42.5 Å². The van der Waals surface area contributed by atoms with Gasteiger partial charge in [0.1, 0.15) is 18.5 Å². The fourth-order valence-electron chi connectivity index (χ4n) is 3.08. The third-order valence-electron chi connectivity index (χ3n) is 4.64. The Bertz CT molecular complexity index is 640. The molecule has 1 aliphatic rings. The number of aliphatic hydroxyl groups is 1. The number of benzene rings is 2. The van der Waals surface area contributed by atoms with E-state index in [0.29, 0.717) is 19.2 Å². The first-order valence-corrected chi connectivity index (χ1v) is 8.29. The Morgan fingerprint density at radius 3 is 2.87 bits per heavy atom. The molecule has 1 saturated heterocycles. The largest absolute Gasteiger partial charge is 0.490 e. The molecule has 1 N–H and O–H groups in total. The Morgan fingerprint density at radius 2 is 2.00 bits per heavy atom. The summed E-state index contributed by atoms with van der Waals surface area (Å²) in [7, 11) is 0. The molecule has 3 atom stereocenters. The van der Waals surface area contributed by atoms with Crippen LogP contribution >= 0.6 is 0 Å². The van der Waals surface area contributed by atoms with Gasteiger partial charge in [-0.05, 0) is 25.3 Å². The van der Waals surface area contributed by atoms with Gasteiger partial charge in [-0.15, -0.1) is 0 Å². The van der Waals surface area contributed by atoms with Crippen molar-refractivity contribution in [1.82, 2.24) is 4.90 Å². The Labute approximate surface area is 137 Å². The molecule has 1 aliphatic heterocycles. The molecular formula is C19H25NO3. The van der Waals surface area contributed by atoms with E-state index in [-0.39, 0.29) is 6.10 Å².